The monoisotopic (exact) mass is 150 g/mol. The number of unbranched alkanes of at least 4 members (excludes halogenated alkanes) is 1. The summed E-state index contributed by atoms with van der Waals surface area (Å²) in [5.41, 5.74) is 0. The molecule has 0 spiro atoms. The average molecular weight is 150 g/mol. The van der Waals surface area contributed by atoms with E-state index in [-0.39, 0.29) is 11.7 Å². The minimum atomic E-state index is 0.154. The Labute approximate surface area is 67.8 Å². The smallest absolute Gasteiger partial charge is 0.162 e. The third-order valence-corrected chi connectivity index (χ3v) is 1.86. The van der Waals surface area contributed by atoms with Gasteiger partial charge in [-0.15, -0.1) is 0 Å². The second-order valence-corrected chi connectivity index (χ2v) is 2.86. The van der Waals surface area contributed by atoms with Gasteiger partial charge in [0.15, 0.2) is 5.78 Å². The third kappa shape index (κ3) is 2.34. The molecule has 0 fully saturated rings. The molecule has 0 aromatic carbocycles. The molecule has 0 aromatic heterocycles. The van der Waals surface area contributed by atoms with Crippen LogP contribution in [-0.2, 0) is 4.79 Å². The van der Waals surface area contributed by atoms with Gasteiger partial charge in [0, 0.05) is 5.92 Å². The molecule has 1 aliphatic carbocycles. The van der Waals surface area contributed by atoms with Gasteiger partial charge in [-0.2, -0.15) is 0 Å². The van der Waals surface area contributed by atoms with E-state index in [0.717, 1.165) is 19.3 Å². The van der Waals surface area contributed by atoms with Crippen molar-refractivity contribution in [2.45, 2.75) is 26.2 Å². The van der Waals surface area contributed by atoms with Crippen molar-refractivity contribution in [2.24, 2.45) is 5.92 Å². The SMILES string of the molecule is CCCC=CC1CC=CC1=O. The zero-order valence-corrected chi connectivity index (χ0v) is 6.92. The van der Waals surface area contributed by atoms with Crippen molar-refractivity contribution >= 4 is 5.78 Å². The van der Waals surface area contributed by atoms with E-state index in [0.29, 0.717) is 0 Å². The lowest BCUT2D eigenvalue weighted by atomic mass is 10.1. The number of hydrogen-bond donors (Lipinski definition) is 0. The van der Waals surface area contributed by atoms with Gasteiger partial charge in [0.2, 0.25) is 0 Å². The molecule has 0 aromatic rings. The van der Waals surface area contributed by atoms with Crippen LogP contribution in [0.1, 0.15) is 26.2 Å². The van der Waals surface area contributed by atoms with Crippen LogP contribution < -0.4 is 0 Å². The Kier molecular flexibility index (Phi) is 3.09. The molecule has 0 radical (unpaired) electrons. The zero-order valence-electron chi connectivity index (χ0n) is 6.92. The summed E-state index contributed by atoms with van der Waals surface area (Å²) in [6.07, 6.45) is 10.9. The summed E-state index contributed by atoms with van der Waals surface area (Å²) >= 11 is 0. The minimum absolute atomic E-state index is 0.154. The molecule has 0 amide bonds. The number of carbonyl (C=O) groups is 1. The fourth-order valence-corrected chi connectivity index (χ4v) is 1.17. The quantitative estimate of drug-likeness (QED) is 0.565. The average Bonchev–Trinajstić information content (AvgIpc) is 2.37. The van der Waals surface area contributed by atoms with Crippen molar-refractivity contribution in [1.82, 2.24) is 0 Å². The predicted molar refractivity (Wildman–Crippen MR) is 46.3 cm³/mol. The second kappa shape index (κ2) is 4.12. The Morgan fingerprint density at radius 3 is 3.09 bits per heavy atom. The lowest BCUT2D eigenvalue weighted by molar-refractivity contribution is -0.116. The Hall–Kier alpha value is -0.850. The number of ketones is 1. The van der Waals surface area contributed by atoms with Crippen LogP contribution in [0.25, 0.3) is 0 Å². The molecule has 1 aliphatic rings. The van der Waals surface area contributed by atoms with Crippen molar-refractivity contribution in [3.8, 4) is 0 Å². The Morgan fingerprint density at radius 1 is 1.73 bits per heavy atom. The van der Waals surface area contributed by atoms with E-state index in [4.69, 9.17) is 0 Å². The summed E-state index contributed by atoms with van der Waals surface area (Å²) in [5, 5.41) is 0. The molecule has 0 N–H and O–H groups in total. The highest BCUT2D eigenvalue weighted by Crippen LogP contribution is 2.15. The highest BCUT2D eigenvalue weighted by Gasteiger charge is 2.15. The Morgan fingerprint density at radius 2 is 2.55 bits per heavy atom. The highest BCUT2D eigenvalue weighted by molar-refractivity contribution is 5.95. The van der Waals surface area contributed by atoms with Crippen LogP contribution in [0.3, 0.4) is 0 Å². The maximum atomic E-state index is 11.0. The second-order valence-electron chi connectivity index (χ2n) is 2.86. The van der Waals surface area contributed by atoms with E-state index in [2.05, 4.69) is 13.0 Å². The standard InChI is InChI=1S/C10H14O/c1-2-3-4-6-9-7-5-8-10(9)11/h4-6,8-9H,2-3,7H2,1H3. The van der Waals surface area contributed by atoms with Crippen molar-refractivity contribution in [3.63, 3.8) is 0 Å². The van der Waals surface area contributed by atoms with Crippen LogP contribution in [0.5, 0.6) is 0 Å². The van der Waals surface area contributed by atoms with Gasteiger partial charge in [0.25, 0.3) is 0 Å². The maximum absolute atomic E-state index is 11.0. The van der Waals surface area contributed by atoms with E-state index >= 15 is 0 Å². The van der Waals surface area contributed by atoms with Gasteiger partial charge in [-0.05, 0) is 18.9 Å². The summed E-state index contributed by atoms with van der Waals surface area (Å²) < 4.78 is 0. The largest absolute Gasteiger partial charge is 0.294 e. The lowest BCUT2D eigenvalue weighted by Gasteiger charge is -1.97. The van der Waals surface area contributed by atoms with Crippen LogP contribution in [0.15, 0.2) is 24.3 Å². The van der Waals surface area contributed by atoms with Gasteiger partial charge in [-0.25, -0.2) is 0 Å². The fraction of sp³-hybridized carbons (Fsp3) is 0.500. The van der Waals surface area contributed by atoms with Crippen LogP contribution in [0.2, 0.25) is 0 Å². The molecular weight excluding hydrogens is 136 g/mol. The van der Waals surface area contributed by atoms with Gasteiger partial charge in [-0.3, -0.25) is 4.79 Å². The molecular formula is C10H14O. The molecule has 1 heteroatoms. The summed E-state index contributed by atoms with van der Waals surface area (Å²) in [4.78, 5) is 11.0. The molecule has 0 aliphatic heterocycles. The summed E-state index contributed by atoms with van der Waals surface area (Å²) in [6, 6.07) is 0. The molecule has 1 rings (SSSR count). The van der Waals surface area contributed by atoms with E-state index in [1.807, 2.05) is 12.2 Å². The Bertz CT molecular complexity index is 189. The van der Waals surface area contributed by atoms with E-state index in [1.54, 1.807) is 6.08 Å². The zero-order chi connectivity index (χ0) is 8.10. The van der Waals surface area contributed by atoms with Crippen LogP contribution in [-0.4, -0.2) is 5.78 Å². The van der Waals surface area contributed by atoms with Gasteiger partial charge in [-0.1, -0.05) is 31.6 Å². The summed E-state index contributed by atoms with van der Waals surface area (Å²) in [5.74, 6) is 0.416. The molecule has 0 saturated heterocycles. The molecule has 11 heavy (non-hydrogen) atoms. The third-order valence-electron chi connectivity index (χ3n) is 1.86. The van der Waals surface area contributed by atoms with Crippen LogP contribution in [0.4, 0.5) is 0 Å². The van der Waals surface area contributed by atoms with Gasteiger partial charge in [0.05, 0.1) is 0 Å². The Balaban J connectivity index is 2.33. The fourth-order valence-electron chi connectivity index (χ4n) is 1.17. The van der Waals surface area contributed by atoms with Crippen molar-refractivity contribution < 1.29 is 4.79 Å². The summed E-state index contributed by atoms with van der Waals surface area (Å²) in [7, 11) is 0. The lowest BCUT2D eigenvalue weighted by Crippen LogP contribution is -2.01. The summed E-state index contributed by atoms with van der Waals surface area (Å²) in [6.45, 7) is 2.14. The van der Waals surface area contributed by atoms with Crippen molar-refractivity contribution in [3.05, 3.63) is 24.3 Å². The van der Waals surface area contributed by atoms with Gasteiger partial charge in [0.1, 0.15) is 0 Å². The van der Waals surface area contributed by atoms with Crippen LogP contribution in [0, 0.1) is 5.92 Å². The number of rotatable bonds is 3. The van der Waals surface area contributed by atoms with Crippen molar-refractivity contribution in [1.29, 1.82) is 0 Å². The predicted octanol–water partition coefficient (Wildman–Crippen LogP) is 2.49. The minimum Gasteiger partial charge on any atom is -0.294 e. The first-order valence-electron chi connectivity index (χ1n) is 4.21. The maximum Gasteiger partial charge on any atom is 0.162 e. The molecule has 1 nitrogen and oxygen atoms in total. The molecule has 0 saturated carbocycles. The normalized spacial score (nSPS) is 23.7. The van der Waals surface area contributed by atoms with E-state index in [1.165, 1.54) is 0 Å². The van der Waals surface area contributed by atoms with Crippen LogP contribution >= 0.6 is 0 Å². The highest BCUT2D eigenvalue weighted by atomic mass is 16.1. The molecule has 0 heterocycles. The topological polar surface area (TPSA) is 17.1 Å². The molecule has 1 atom stereocenters. The molecule has 60 valence electrons. The van der Waals surface area contributed by atoms with Gasteiger partial charge < -0.3 is 0 Å². The molecule has 0 bridgehead atoms. The first-order valence-corrected chi connectivity index (χ1v) is 4.21. The number of allylic oxidation sites excluding steroid dienone is 4. The number of carbonyl (C=O) groups excluding carboxylic acids is 1. The van der Waals surface area contributed by atoms with E-state index in [9.17, 15) is 4.79 Å². The first-order chi connectivity index (χ1) is 5.34. The molecule has 1 unspecified atom stereocenters. The van der Waals surface area contributed by atoms with Crippen molar-refractivity contribution in [2.75, 3.05) is 0 Å². The number of hydrogen-bond acceptors (Lipinski definition) is 1. The van der Waals surface area contributed by atoms with Gasteiger partial charge >= 0.3 is 0 Å². The van der Waals surface area contributed by atoms with E-state index < -0.39 is 0 Å². The first kappa shape index (κ1) is 8.25.